The van der Waals surface area contributed by atoms with Gasteiger partial charge in [0, 0.05) is 13.1 Å². The SMILES string of the molecule is Cc1nc(C)c(C#N)c(SCC(=O)Nc2cc(S(=O)(=O)N3CCCCCC3)ccc2Cl)n1. The van der Waals surface area contributed by atoms with Crippen LogP contribution in [0.25, 0.3) is 0 Å². The van der Waals surface area contributed by atoms with Crippen LogP contribution in [0.2, 0.25) is 5.02 Å². The molecule has 11 heteroatoms. The van der Waals surface area contributed by atoms with Crippen molar-refractivity contribution >= 4 is 45.0 Å². The van der Waals surface area contributed by atoms with Gasteiger partial charge in [0.25, 0.3) is 0 Å². The van der Waals surface area contributed by atoms with Crippen molar-refractivity contribution in [2.45, 2.75) is 49.5 Å². The Morgan fingerprint density at radius 1 is 1.22 bits per heavy atom. The van der Waals surface area contributed by atoms with Crippen molar-refractivity contribution in [3.63, 3.8) is 0 Å². The van der Waals surface area contributed by atoms with Crippen LogP contribution in [0.3, 0.4) is 0 Å². The summed E-state index contributed by atoms with van der Waals surface area (Å²) in [6, 6.07) is 6.39. The van der Waals surface area contributed by atoms with E-state index in [9.17, 15) is 18.5 Å². The number of carbonyl (C=O) groups excluding carboxylic acids is 1. The van der Waals surface area contributed by atoms with Crippen LogP contribution in [0, 0.1) is 25.2 Å². The van der Waals surface area contributed by atoms with E-state index < -0.39 is 10.0 Å². The molecule has 0 saturated carbocycles. The summed E-state index contributed by atoms with van der Waals surface area (Å²) in [6.07, 6.45) is 3.70. The third-order valence-electron chi connectivity index (χ3n) is 5.04. The number of hydrogen-bond acceptors (Lipinski definition) is 7. The van der Waals surface area contributed by atoms with E-state index >= 15 is 0 Å². The van der Waals surface area contributed by atoms with Gasteiger partial charge >= 0.3 is 0 Å². The normalized spacial score (nSPS) is 15.1. The number of aromatic nitrogens is 2. The number of sulfonamides is 1. The molecule has 0 bridgehead atoms. The number of hydrogen-bond donors (Lipinski definition) is 1. The van der Waals surface area contributed by atoms with Crippen LogP contribution < -0.4 is 5.32 Å². The van der Waals surface area contributed by atoms with Gasteiger partial charge in [-0.15, -0.1) is 0 Å². The number of carbonyl (C=O) groups is 1. The Bertz CT molecular complexity index is 1160. The summed E-state index contributed by atoms with van der Waals surface area (Å²) < 4.78 is 27.6. The van der Waals surface area contributed by atoms with Gasteiger partial charge in [0.1, 0.15) is 22.5 Å². The van der Waals surface area contributed by atoms with Crippen LogP contribution >= 0.6 is 23.4 Å². The highest BCUT2D eigenvalue weighted by molar-refractivity contribution is 8.00. The minimum absolute atomic E-state index is 0.0238. The second-order valence-electron chi connectivity index (χ2n) is 7.44. The van der Waals surface area contributed by atoms with Crippen LogP contribution in [0.1, 0.15) is 42.8 Å². The van der Waals surface area contributed by atoms with Crippen LogP contribution in [-0.2, 0) is 14.8 Å². The molecule has 3 rings (SSSR count). The molecule has 0 atom stereocenters. The lowest BCUT2D eigenvalue weighted by atomic mass is 10.2. The summed E-state index contributed by atoms with van der Waals surface area (Å²) in [5.41, 5.74) is 1.11. The summed E-state index contributed by atoms with van der Waals surface area (Å²) in [4.78, 5) is 21.0. The van der Waals surface area contributed by atoms with Crippen molar-refractivity contribution in [1.29, 1.82) is 5.26 Å². The molecule has 0 unspecified atom stereocenters. The lowest BCUT2D eigenvalue weighted by Crippen LogP contribution is -2.32. The molecule has 1 aromatic carbocycles. The Kier molecular flexibility index (Phi) is 8.11. The molecule has 1 fully saturated rings. The van der Waals surface area contributed by atoms with E-state index in [1.165, 1.54) is 22.5 Å². The molecular formula is C21H24ClN5O3S2. The zero-order chi connectivity index (χ0) is 23.3. The Morgan fingerprint density at radius 3 is 2.56 bits per heavy atom. The number of nitrogens with one attached hydrogen (secondary N) is 1. The highest BCUT2D eigenvalue weighted by Crippen LogP contribution is 2.29. The molecule has 1 aliphatic heterocycles. The first-order valence-corrected chi connectivity index (χ1v) is 13.0. The maximum absolute atomic E-state index is 13.1. The number of anilines is 1. The van der Waals surface area contributed by atoms with Crippen molar-refractivity contribution in [3.05, 3.63) is 40.3 Å². The van der Waals surface area contributed by atoms with E-state index in [-0.39, 0.29) is 27.3 Å². The topological polar surface area (TPSA) is 116 Å². The maximum Gasteiger partial charge on any atom is 0.243 e. The zero-order valence-corrected chi connectivity index (χ0v) is 20.3. The Labute approximate surface area is 197 Å². The predicted octanol–water partition coefficient (Wildman–Crippen LogP) is 3.91. The molecule has 0 aliphatic carbocycles. The second kappa shape index (κ2) is 10.6. The van der Waals surface area contributed by atoms with Gasteiger partial charge in [0.2, 0.25) is 15.9 Å². The van der Waals surface area contributed by atoms with Crippen molar-refractivity contribution in [1.82, 2.24) is 14.3 Å². The van der Waals surface area contributed by atoms with Gasteiger partial charge < -0.3 is 5.32 Å². The number of aryl methyl sites for hydroxylation is 2. The van der Waals surface area contributed by atoms with Crippen LogP contribution in [-0.4, -0.2) is 47.4 Å². The van der Waals surface area contributed by atoms with E-state index in [4.69, 9.17) is 11.6 Å². The van der Waals surface area contributed by atoms with E-state index in [0.29, 0.717) is 35.2 Å². The van der Waals surface area contributed by atoms with E-state index in [1.807, 2.05) is 0 Å². The molecule has 1 saturated heterocycles. The Morgan fingerprint density at radius 2 is 1.91 bits per heavy atom. The van der Waals surface area contributed by atoms with Crippen molar-refractivity contribution in [2.24, 2.45) is 0 Å². The number of nitriles is 1. The summed E-state index contributed by atoms with van der Waals surface area (Å²) in [6.45, 7) is 4.41. The molecule has 1 N–H and O–H groups in total. The quantitative estimate of drug-likeness (QED) is 0.478. The molecule has 0 spiro atoms. The number of amides is 1. The van der Waals surface area contributed by atoms with Crippen molar-refractivity contribution in [3.8, 4) is 6.07 Å². The molecule has 8 nitrogen and oxygen atoms in total. The average Bonchev–Trinajstić information content (AvgIpc) is 3.03. The van der Waals surface area contributed by atoms with E-state index in [2.05, 4.69) is 21.4 Å². The molecule has 0 radical (unpaired) electrons. The summed E-state index contributed by atoms with van der Waals surface area (Å²) >= 11 is 7.33. The Hall–Kier alpha value is -2.19. The van der Waals surface area contributed by atoms with Crippen LogP contribution in [0.15, 0.2) is 28.1 Å². The summed E-state index contributed by atoms with van der Waals surface area (Å²) in [7, 11) is -3.67. The number of thioether (sulfide) groups is 1. The highest BCUT2D eigenvalue weighted by Gasteiger charge is 2.26. The fourth-order valence-corrected chi connectivity index (χ4v) is 6.01. The van der Waals surface area contributed by atoms with Gasteiger partial charge in [-0.05, 0) is 44.9 Å². The van der Waals surface area contributed by atoms with Gasteiger partial charge in [-0.25, -0.2) is 18.4 Å². The van der Waals surface area contributed by atoms with Crippen LogP contribution in [0.4, 0.5) is 5.69 Å². The summed E-state index contributed by atoms with van der Waals surface area (Å²) in [5, 5.41) is 12.7. The third-order valence-corrected chi connectivity index (χ3v) is 8.23. The Balaban J connectivity index is 1.74. The minimum Gasteiger partial charge on any atom is -0.324 e. The maximum atomic E-state index is 13.1. The zero-order valence-electron chi connectivity index (χ0n) is 17.9. The molecule has 32 heavy (non-hydrogen) atoms. The van der Waals surface area contributed by atoms with Gasteiger partial charge in [0.05, 0.1) is 27.1 Å². The first-order valence-electron chi connectivity index (χ1n) is 10.2. The number of nitrogens with zero attached hydrogens (tertiary/aromatic N) is 4. The lowest BCUT2D eigenvalue weighted by molar-refractivity contribution is -0.113. The largest absolute Gasteiger partial charge is 0.324 e. The fraction of sp³-hybridized carbons (Fsp3) is 0.429. The standard InChI is InChI=1S/C21H24ClN5O3S2/c1-14-17(12-23)21(25-15(2)24-14)31-13-20(28)26-19-11-16(7-8-18(19)22)32(29,30)27-9-5-3-4-6-10-27/h7-8,11H,3-6,9-10,13H2,1-2H3,(H,26,28). The molecule has 2 heterocycles. The van der Waals surface area contributed by atoms with Gasteiger partial charge in [0.15, 0.2) is 0 Å². The second-order valence-corrected chi connectivity index (χ2v) is 10.8. The van der Waals surface area contributed by atoms with Crippen LogP contribution in [0.5, 0.6) is 0 Å². The smallest absolute Gasteiger partial charge is 0.243 e. The van der Waals surface area contributed by atoms with Gasteiger partial charge in [-0.3, -0.25) is 4.79 Å². The molecule has 2 aromatic rings. The number of benzene rings is 1. The lowest BCUT2D eigenvalue weighted by Gasteiger charge is -2.20. The van der Waals surface area contributed by atoms with Crippen molar-refractivity contribution < 1.29 is 13.2 Å². The fourth-order valence-electron chi connectivity index (χ4n) is 3.43. The van der Waals surface area contributed by atoms with Gasteiger partial charge in [-0.2, -0.15) is 9.57 Å². The van der Waals surface area contributed by atoms with Crippen molar-refractivity contribution in [2.75, 3.05) is 24.2 Å². The molecule has 1 amide bonds. The molecule has 1 aromatic heterocycles. The monoisotopic (exact) mass is 493 g/mol. The highest BCUT2D eigenvalue weighted by atomic mass is 35.5. The molecule has 170 valence electrons. The predicted molar refractivity (Wildman–Crippen MR) is 124 cm³/mol. The number of halogens is 1. The van der Waals surface area contributed by atoms with E-state index in [1.54, 1.807) is 13.8 Å². The molecular weight excluding hydrogens is 470 g/mol. The first-order chi connectivity index (χ1) is 15.2. The minimum atomic E-state index is -3.67. The molecule has 1 aliphatic rings. The average molecular weight is 494 g/mol. The third kappa shape index (κ3) is 5.78. The first kappa shape index (κ1) is 24.5. The van der Waals surface area contributed by atoms with E-state index in [0.717, 1.165) is 37.4 Å². The summed E-state index contributed by atoms with van der Waals surface area (Å²) in [5.74, 6) is 0.0993. The van der Waals surface area contributed by atoms with Gasteiger partial charge in [-0.1, -0.05) is 36.2 Å². The number of rotatable bonds is 6.